The molecule has 31 heavy (non-hydrogen) atoms. The quantitative estimate of drug-likeness (QED) is 0.348. The van der Waals surface area contributed by atoms with Crippen LogP contribution in [-0.2, 0) is 22.5 Å². The maximum absolute atomic E-state index is 10.9. The molecule has 0 saturated carbocycles. The smallest absolute Gasteiger partial charge is 0.152 e. The summed E-state index contributed by atoms with van der Waals surface area (Å²) in [7, 11) is 0. The zero-order valence-corrected chi connectivity index (χ0v) is 19.0. The highest BCUT2D eigenvalue weighted by atomic mass is 16.5. The highest BCUT2D eigenvalue weighted by Crippen LogP contribution is 2.29. The number of ether oxygens (including phenoxy) is 1. The lowest BCUT2D eigenvalue weighted by atomic mass is 10.1. The molecular formula is C25H36N4O2. The Balaban J connectivity index is 1.60. The summed E-state index contributed by atoms with van der Waals surface area (Å²) >= 11 is 0. The Morgan fingerprint density at radius 1 is 1.03 bits per heavy atom. The molecule has 2 N–H and O–H groups in total. The summed E-state index contributed by atoms with van der Waals surface area (Å²) in [6, 6.07) is 8.20. The lowest BCUT2D eigenvalue weighted by Crippen LogP contribution is -2.05. The Morgan fingerprint density at radius 2 is 1.81 bits per heavy atom. The summed E-state index contributed by atoms with van der Waals surface area (Å²) in [5, 5.41) is 1.13. The number of rotatable bonds is 14. The molecule has 0 unspecified atom stereocenters. The van der Waals surface area contributed by atoms with Gasteiger partial charge in [0.05, 0.1) is 17.6 Å². The molecule has 0 aliphatic carbocycles. The Bertz CT molecular complexity index is 996. The van der Waals surface area contributed by atoms with E-state index in [0.29, 0.717) is 18.8 Å². The molecule has 2 aromatic heterocycles. The zero-order chi connectivity index (χ0) is 22.1. The number of nitrogen functional groups attached to an aromatic ring is 1. The number of Topliss-reactive ketones (excluding diaryl/α,β-unsaturated/α-hetero) is 1. The van der Waals surface area contributed by atoms with Gasteiger partial charge in [0.15, 0.2) is 5.82 Å². The second-order valence-electron chi connectivity index (χ2n) is 8.33. The number of ketones is 1. The number of hydrogen-bond donors (Lipinski definition) is 1. The van der Waals surface area contributed by atoms with Crippen LogP contribution >= 0.6 is 0 Å². The third kappa shape index (κ3) is 6.26. The van der Waals surface area contributed by atoms with E-state index in [1.165, 1.54) is 12.8 Å². The fourth-order valence-corrected chi connectivity index (χ4v) is 3.99. The van der Waals surface area contributed by atoms with Gasteiger partial charge in [0, 0.05) is 31.4 Å². The van der Waals surface area contributed by atoms with Crippen molar-refractivity contribution in [1.82, 2.24) is 14.5 Å². The maximum Gasteiger partial charge on any atom is 0.152 e. The van der Waals surface area contributed by atoms with E-state index in [-0.39, 0.29) is 5.78 Å². The van der Waals surface area contributed by atoms with Crippen LogP contribution in [0.25, 0.3) is 21.9 Å². The third-order valence-corrected chi connectivity index (χ3v) is 5.71. The molecule has 0 radical (unpaired) electrons. The van der Waals surface area contributed by atoms with Crippen LogP contribution in [0.1, 0.15) is 71.0 Å². The molecule has 0 saturated heterocycles. The summed E-state index contributed by atoms with van der Waals surface area (Å²) < 4.78 is 7.90. The van der Waals surface area contributed by atoms with E-state index in [2.05, 4.69) is 28.6 Å². The second-order valence-corrected chi connectivity index (χ2v) is 8.33. The minimum absolute atomic E-state index is 0.190. The number of fused-ring (bicyclic) bond motifs is 3. The average Bonchev–Trinajstić information content (AvgIpc) is 3.12. The molecule has 0 bridgehead atoms. The summed E-state index contributed by atoms with van der Waals surface area (Å²) in [6.45, 7) is 6.07. The number of aryl methyl sites for hydroxylation is 2. The number of aromatic nitrogens is 3. The van der Waals surface area contributed by atoms with Gasteiger partial charge in [0.2, 0.25) is 0 Å². The van der Waals surface area contributed by atoms with Crippen LogP contribution < -0.4 is 5.73 Å². The van der Waals surface area contributed by atoms with Gasteiger partial charge in [-0.15, -0.1) is 0 Å². The van der Waals surface area contributed by atoms with Gasteiger partial charge in [-0.2, -0.15) is 0 Å². The summed E-state index contributed by atoms with van der Waals surface area (Å²) in [5.74, 6) is 1.84. The van der Waals surface area contributed by atoms with Gasteiger partial charge in [-0.1, -0.05) is 50.8 Å². The molecule has 0 fully saturated rings. The first-order valence-electron chi connectivity index (χ1n) is 11.7. The van der Waals surface area contributed by atoms with Crippen molar-refractivity contribution in [1.29, 1.82) is 0 Å². The molecular weight excluding hydrogens is 388 g/mol. The largest absolute Gasteiger partial charge is 0.382 e. The van der Waals surface area contributed by atoms with Crippen molar-refractivity contribution in [3.63, 3.8) is 0 Å². The SMILES string of the molecule is CCCCc1nc2c(N)nc3ccccc3c2n1CCCCCCCOCCC(C)=O. The molecule has 0 aliphatic heterocycles. The number of hydrogen-bond acceptors (Lipinski definition) is 5. The number of nitrogens with two attached hydrogens (primary N) is 1. The molecule has 0 spiro atoms. The zero-order valence-electron chi connectivity index (χ0n) is 19.0. The van der Waals surface area contributed by atoms with Gasteiger partial charge in [0.25, 0.3) is 0 Å². The second kappa shape index (κ2) is 11.8. The van der Waals surface area contributed by atoms with Crippen LogP contribution in [0.3, 0.4) is 0 Å². The Hall–Kier alpha value is -2.47. The number of unbranched alkanes of at least 4 members (excludes halogenated alkanes) is 5. The van der Waals surface area contributed by atoms with E-state index in [9.17, 15) is 4.79 Å². The van der Waals surface area contributed by atoms with Gasteiger partial charge < -0.3 is 15.0 Å². The van der Waals surface area contributed by atoms with Crippen LogP contribution in [0.15, 0.2) is 24.3 Å². The minimum Gasteiger partial charge on any atom is -0.382 e. The molecule has 3 aromatic rings. The van der Waals surface area contributed by atoms with E-state index in [1.807, 2.05) is 12.1 Å². The molecule has 168 valence electrons. The van der Waals surface area contributed by atoms with Crippen LogP contribution in [0.5, 0.6) is 0 Å². The monoisotopic (exact) mass is 424 g/mol. The predicted octanol–water partition coefficient (Wildman–Crippen LogP) is 5.46. The van der Waals surface area contributed by atoms with E-state index in [1.54, 1.807) is 6.92 Å². The number of nitrogens with zero attached hydrogens (tertiary/aromatic N) is 3. The highest BCUT2D eigenvalue weighted by molar-refractivity contribution is 6.06. The van der Waals surface area contributed by atoms with Gasteiger partial charge in [0.1, 0.15) is 17.1 Å². The van der Waals surface area contributed by atoms with E-state index < -0.39 is 0 Å². The number of imidazole rings is 1. The fraction of sp³-hybridized carbons (Fsp3) is 0.560. The number of carbonyl (C=O) groups is 1. The first-order valence-corrected chi connectivity index (χ1v) is 11.7. The number of pyridine rings is 1. The van der Waals surface area contributed by atoms with E-state index >= 15 is 0 Å². The van der Waals surface area contributed by atoms with Crippen LogP contribution in [0.2, 0.25) is 0 Å². The molecule has 0 amide bonds. The highest BCUT2D eigenvalue weighted by Gasteiger charge is 2.16. The van der Waals surface area contributed by atoms with Crippen molar-refractivity contribution in [3.05, 3.63) is 30.1 Å². The molecule has 0 atom stereocenters. The first kappa shape index (κ1) is 23.2. The number of para-hydroxylation sites is 1. The van der Waals surface area contributed by atoms with Crippen molar-refractivity contribution in [2.24, 2.45) is 0 Å². The molecule has 6 nitrogen and oxygen atoms in total. The van der Waals surface area contributed by atoms with Crippen molar-refractivity contribution < 1.29 is 9.53 Å². The molecule has 6 heteroatoms. The van der Waals surface area contributed by atoms with Gasteiger partial charge in [-0.05, 0) is 32.3 Å². The van der Waals surface area contributed by atoms with Crippen LogP contribution in [-0.4, -0.2) is 33.5 Å². The Kier molecular flexibility index (Phi) is 8.83. The molecule has 0 aliphatic rings. The van der Waals surface area contributed by atoms with E-state index in [0.717, 1.165) is 79.4 Å². The standard InChI is InChI=1S/C25H36N4O2/c1-3-4-14-22-28-23-24(20-12-8-9-13-21(20)27-25(23)26)29(22)16-10-6-5-7-11-17-31-18-15-19(2)30/h8-9,12-13H,3-7,10-11,14-18H2,1-2H3,(H2,26,27). The number of carbonyl (C=O) groups excluding carboxylic acids is 1. The topological polar surface area (TPSA) is 83.0 Å². The predicted molar refractivity (Wildman–Crippen MR) is 127 cm³/mol. The minimum atomic E-state index is 0.190. The van der Waals surface area contributed by atoms with Gasteiger partial charge in [-0.3, -0.25) is 4.79 Å². The third-order valence-electron chi connectivity index (χ3n) is 5.71. The van der Waals surface area contributed by atoms with Crippen molar-refractivity contribution >= 4 is 33.5 Å². The van der Waals surface area contributed by atoms with E-state index in [4.69, 9.17) is 15.5 Å². The summed E-state index contributed by atoms with van der Waals surface area (Å²) in [5.41, 5.74) is 9.18. The first-order chi connectivity index (χ1) is 15.1. The van der Waals surface area contributed by atoms with Crippen molar-refractivity contribution in [3.8, 4) is 0 Å². The maximum atomic E-state index is 10.9. The summed E-state index contributed by atoms with van der Waals surface area (Å²) in [6.07, 6.45) is 9.46. The van der Waals surface area contributed by atoms with Crippen molar-refractivity contribution in [2.75, 3.05) is 18.9 Å². The fourth-order valence-electron chi connectivity index (χ4n) is 3.99. The van der Waals surface area contributed by atoms with Crippen LogP contribution in [0, 0.1) is 0 Å². The normalized spacial score (nSPS) is 11.5. The lowest BCUT2D eigenvalue weighted by Gasteiger charge is -2.11. The van der Waals surface area contributed by atoms with Gasteiger partial charge in [-0.25, -0.2) is 9.97 Å². The van der Waals surface area contributed by atoms with Crippen molar-refractivity contribution in [2.45, 2.75) is 78.2 Å². The summed E-state index contributed by atoms with van der Waals surface area (Å²) in [4.78, 5) is 20.4. The molecule has 3 rings (SSSR count). The number of benzene rings is 1. The Labute approximate surface area is 185 Å². The molecule has 1 aromatic carbocycles. The van der Waals surface area contributed by atoms with Crippen LogP contribution in [0.4, 0.5) is 5.82 Å². The van der Waals surface area contributed by atoms with Gasteiger partial charge >= 0.3 is 0 Å². The number of anilines is 1. The Morgan fingerprint density at radius 3 is 2.61 bits per heavy atom. The molecule has 2 heterocycles. The lowest BCUT2D eigenvalue weighted by molar-refractivity contribution is -0.118. The average molecular weight is 425 g/mol.